The van der Waals surface area contributed by atoms with Gasteiger partial charge in [-0.25, -0.2) is 0 Å². The van der Waals surface area contributed by atoms with E-state index >= 15 is 0 Å². The second-order valence-corrected chi connectivity index (χ2v) is 3.68. The molecule has 1 aliphatic rings. The summed E-state index contributed by atoms with van der Waals surface area (Å²) in [5, 5.41) is 11.7. The van der Waals surface area contributed by atoms with Gasteiger partial charge in [-0.15, -0.1) is 0 Å². The summed E-state index contributed by atoms with van der Waals surface area (Å²) in [6, 6.07) is 2.67. The van der Waals surface area contributed by atoms with Crippen molar-refractivity contribution in [2.75, 3.05) is 26.2 Å². The molecule has 74 valence electrons. The highest BCUT2D eigenvalue weighted by Gasteiger charge is 2.17. The summed E-state index contributed by atoms with van der Waals surface area (Å²) in [5.74, 6) is 0. The largest absolute Gasteiger partial charge is 0.302 e. The molecule has 13 heavy (non-hydrogen) atoms. The second kappa shape index (κ2) is 5.95. The quantitative estimate of drug-likeness (QED) is 0.657. The molecule has 3 heteroatoms. The molecule has 0 aromatic rings. The van der Waals surface area contributed by atoms with Crippen LogP contribution in [0.4, 0.5) is 0 Å². The molecule has 1 N–H and O–H groups in total. The van der Waals surface area contributed by atoms with E-state index in [1.54, 1.807) is 0 Å². The number of likely N-dealkylation sites (tertiary alicyclic amines) is 1. The van der Waals surface area contributed by atoms with Crippen LogP contribution < -0.4 is 5.32 Å². The molecular weight excluding hydrogens is 162 g/mol. The number of piperidine rings is 1. The van der Waals surface area contributed by atoms with E-state index in [0.29, 0.717) is 12.6 Å². The van der Waals surface area contributed by atoms with Crippen molar-refractivity contribution >= 4 is 0 Å². The van der Waals surface area contributed by atoms with Crippen LogP contribution in [0.3, 0.4) is 0 Å². The molecule has 3 nitrogen and oxygen atoms in total. The smallest absolute Gasteiger partial charge is 0.0843 e. The van der Waals surface area contributed by atoms with Crippen LogP contribution in [0, 0.1) is 11.3 Å². The van der Waals surface area contributed by atoms with E-state index in [4.69, 9.17) is 5.26 Å². The minimum absolute atomic E-state index is 0.491. The molecule has 0 aromatic heterocycles. The van der Waals surface area contributed by atoms with Gasteiger partial charge in [0, 0.05) is 12.6 Å². The van der Waals surface area contributed by atoms with E-state index in [1.807, 2.05) is 0 Å². The molecule has 1 heterocycles. The average Bonchev–Trinajstić information content (AvgIpc) is 2.16. The van der Waals surface area contributed by atoms with E-state index in [-0.39, 0.29) is 0 Å². The molecule has 1 aliphatic heterocycles. The molecule has 1 rings (SSSR count). The fourth-order valence-electron chi connectivity index (χ4n) is 1.93. The third-order valence-corrected chi connectivity index (χ3v) is 2.52. The monoisotopic (exact) mass is 181 g/mol. The Balaban J connectivity index is 2.21. The number of nitrogens with one attached hydrogen (secondary N) is 1. The van der Waals surface area contributed by atoms with Crippen molar-refractivity contribution in [3.8, 4) is 6.07 Å². The first-order valence-electron chi connectivity index (χ1n) is 5.19. The summed E-state index contributed by atoms with van der Waals surface area (Å²) in [5.41, 5.74) is 0. The van der Waals surface area contributed by atoms with Gasteiger partial charge in [-0.1, -0.05) is 6.92 Å². The van der Waals surface area contributed by atoms with E-state index in [2.05, 4.69) is 23.2 Å². The van der Waals surface area contributed by atoms with Gasteiger partial charge >= 0.3 is 0 Å². The molecule has 0 bridgehead atoms. The van der Waals surface area contributed by atoms with Crippen LogP contribution in [0.1, 0.15) is 26.2 Å². The number of nitrogens with zero attached hydrogens (tertiary/aromatic N) is 2. The predicted octanol–water partition coefficient (Wildman–Crippen LogP) is 0.974. The highest BCUT2D eigenvalue weighted by molar-refractivity contribution is 4.82. The van der Waals surface area contributed by atoms with Crippen LogP contribution in [0.15, 0.2) is 0 Å². The topological polar surface area (TPSA) is 39.1 Å². The van der Waals surface area contributed by atoms with Crippen molar-refractivity contribution in [2.24, 2.45) is 0 Å². The molecule has 1 unspecified atom stereocenters. The standard InChI is InChI=1S/C10H19N3/c1-2-7-13-8-3-4-10(9-13)12-6-5-11/h10,12H,2-4,6-9H2,1H3. The Kier molecular flexibility index (Phi) is 4.81. The van der Waals surface area contributed by atoms with Gasteiger partial charge in [-0.05, 0) is 32.4 Å². The first-order chi connectivity index (χ1) is 6.36. The van der Waals surface area contributed by atoms with Crippen molar-refractivity contribution < 1.29 is 0 Å². The zero-order valence-electron chi connectivity index (χ0n) is 8.42. The van der Waals surface area contributed by atoms with Crippen LogP contribution in [0.5, 0.6) is 0 Å². The van der Waals surface area contributed by atoms with Crippen molar-refractivity contribution in [3.63, 3.8) is 0 Å². The lowest BCUT2D eigenvalue weighted by atomic mass is 10.1. The molecule has 0 radical (unpaired) electrons. The van der Waals surface area contributed by atoms with Crippen LogP contribution in [-0.2, 0) is 0 Å². The highest BCUT2D eigenvalue weighted by Crippen LogP contribution is 2.09. The maximum absolute atomic E-state index is 8.44. The maximum Gasteiger partial charge on any atom is 0.0843 e. The van der Waals surface area contributed by atoms with Gasteiger partial charge in [0.15, 0.2) is 0 Å². The summed E-state index contributed by atoms with van der Waals surface area (Å²) in [6.07, 6.45) is 3.72. The molecule has 0 aromatic carbocycles. The number of hydrogen-bond donors (Lipinski definition) is 1. The minimum Gasteiger partial charge on any atom is -0.302 e. The molecular formula is C10H19N3. The first kappa shape index (κ1) is 10.5. The zero-order chi connectivity index (χ0) is 9.52. The van der Waals surface area contributed by atoms with Crippen molar-refractivity contribution in [1.82, 2.24) is 10.2 Å². The number of rotatable bonds is 4. The molecule has 1 fully saturated rings. The van der Waals surface area contributed by atoms with Crippen LogP contribution in [-0.4, -0.2) is 37.1 Å². The fourth-order valence-corrected chi connectivity index (χ4v) is 1.93. The van der Waals surface area contributed by atoms with Crippen LogP contribution in [0.25, 0.3) is 0 Å². The predicted molar refractivity (Wildman–Crippen MR) is 53.4 cm³/mol. The average molecular weight is 181 g/mol. The van der Waals surface area contributed by atoms with Crippen LogP contribution in [0.2, 0.25) is 0 Å². The number of nitriles is 1. The molecule has 0 amide bonds. The minimum atomic E-state index is 0.491. The van der Waals surface area contributed by atoms with E-state index < -0.39 is 0 Å². The van der Waals surface area contributed by atoms with Gasteiger partial charge in [-0.3, -0.25) is 0 Å². The molecule has 0 saturated carbocycles. The first-order valence-corrected chi connectivity index (χ1v) is 5.19. The Morgan fingerprint density at radius 3 is 3.15 bits per heavy atom. The third-order valence-electron chi connectivity index (χ3n) is 2.52. The second-order valence-electron chi connectivity index (χ2n) is 3.68. The Morgan fingerprint density at radius 1 is 1.62 bits per heavy atom. The van der Waals surface area contributed by atoms with Gasteiger partial charge in [0.25, 0.3) is 0 Å². The molecule has 0 spiro atoms. The van der Waals surface area contributed by atoms with Crippen molar-refractivity contribution in [3.05, 3.63) is 0 Å². The third kappa shape index (κ3) is 3.75. The normalized spacial score (nSPS) is 24.2. The van der Waals surface area contributed by atoms with E-state index in [0.717, 1.165) is 6.54 Å². The summed E-state index contributed by atoms with van der Waals surface area (Å²) < 4.78 is 0. The van der Waals surface area contributed by atoms with E-state index in [9.17, 15) is 0 Å². The van der Waals surface area contributed by atoms with Crippen molar-refractivity contribution in [1.29, 1.82) is 5.26 Å². The lowest BCUT2D eigenvalue weighted by Gasteiger charge is -2.32. The van der Waals surface area contributed by atoms with Gasteiger partial charge in [0.1, 0.15) is 0 Å². The fraction of sp³-hybridized carbons (Fsp3) is 0.900. The van der Waals surface area contributed by atoms with Gasteiger partial charge in [-0.2, -0.15) is 5.26 Å². The summed E-state index contributed by atoms with van der Waals surface area (Å²) in [4.78, 5) is 2.48. The van der Waals surface area contributed by atoms with Gasteiger partial charge in [0.05, 0.1) is 12.6 Å². The lowest BCUT2D eigenvalue weighted by molar-refractivity contribution is 0.193. The molecule has 1 atom stereocenters. The lowest BCUT2D eigenvalue weighted by Crippen LogP contribution is -2.45. The SMILES string of the molecule is CCCN1CCCC(NCC#N)C1. The highest BCUT2D eigenvalue weighted by atomic mass is 15.2. The van der Waals surface area contributed by atoms with Crippen LogP contribution >= 0.6 is 0 Å². The summed E-state index contributed by atoms with van der Waals surface area (Å²) in [7, 11) is 0. The van der Waals surface area contributed by atoms with E-state index in [1.165, 1.54) is 32.4 Å². The van der Waals surface area contributed by atoms with Gasteiger partial charge in [0.2, 0.25) is 0 Å². The Labute approximate surface area is 80.7 Å². The summed E-state index contributed by atoms with van der Waals surface area (Å²) in [6.45, 7) is 6.26. The molecule has 1 saturated heterocycles. The zero-order valence-corrected chi connectivity index (χ0v) is 8.42. The Hall–Kier alpha value is -0.590. The Bertz CT molecular complexity index is 171. The summed E-state index contributed by atoms with van der Waals surface area (Å²) >= 11 is 0. The Morgan fingerprint density at radius 2 is 2.46 bits per heavy atom. The van der Waals surface area contributed by atoms with Crippen molar-refractivity contribution in [2.45, 2.75) is 32.2 Å². The molecule has 0 aliphatic carbocycles. The maximum atomic E-state index is 8.44. The van der Waals surface area contributed by atoms with Gasteiger partial charge < -0.3 is 10.2 Å². The number of hydrogen-bond acceptors (Lipinski definition) is 3.